The molecule has 0 aliphatic carbocycles. The molecule has 1 aliphatic rings. The van der Waals surface area contributed by atoms with Gasteiger partial charge >= 0.3 is 5.97 Å². The summed E-state index contributed by atoms with van der Waals surface area (Å²) in [5.41, 5.74) is 2.41. The van der Waals surface area contributed by atoms with Crippen molar-refractivity contribution in [2.45, 2.75) is 25.8 Å². The maximum absolute atomic E-state index is 10.6. The lowest BCUT2D eigenvalue weighted by Crippen LogP contribution is -2.41. The van der Waals surface area contributed by atoms with Crippen molar-refractivity contribution in [3.63, 3.8) is 0 Å². The van der Waals surface area contributed by atoms with Gasteiger partial charge in [-0.15, -0.1) is 0 Å². The Morgan fingerprint density at radius 2 is 2.17 bits per heavy atom. The SMILES string of the molecule is Cc1cccc(NC2CCN(CC(=O)O)CC2)c1. The van der Waals surface area contributed by atoms with E-state index in [-0.39, 0.29) is 6.54 Å². The molecule has 1 heterocycles. The number of carbonyl (C=O) groups is 1. The quantitative estimate of drug-likeness (QED) is 0.855. The number of rotatable bonds is 4. The minimum atomic E-state index is -0.736. The second-order valence-electron chi connectivity index (χ2n) is 4.96. The third-order valence-corrected chi connectivity index (χ3v) is 3.34. The molecule has 1 saturated heterocycles. The fraction of sp³-hybridized carbons (Fsp3) is 0.500. The fourth-order valence-electron chi connectivity index (χ4n) is 2.40. The van der Waals surface area contributed by atoms with Gasteiger partial charge in [0.2, 0.25) is 0 Å². The lowest BCUT2D eigenvalue weighted by atomic mass is 10.0. The summed E-state index contributed by atoms with van der Waals surface area (Å²) in [4.78, 5) is 12.6. The van der Waals surface area contributed by atoms with Crippen molar-refractivity contribution in [2.75, 3.05) is 25.0 Å². The van der Waals surface area contributed by atoms with Crippen LogP contribution in [0.15, 0.2) is 24.3 Å². The summed E-state index contributed by atoms with van der Waals surface area (Å²) in [6, 6.07) is 8.81. The zero-order valence-corrected chi connectivity index (χ0v) is 10.7. The van der Waals surface area contributed by atoms with E-state index in [0.29, 0.717) is 6.04 Å². The highest BCUT2D eigenvalue weighted by atomic mass is 16.4. The average molecular weight is 248 g/mol. The molecule has 0 atom stereocenters. The van der Waals surface area contributed by atoms with Crippen molar-refractivity contribution in [1.29, 1.82) is 0 Å². The predicted octanol–water partition coefficient (Wildman–Crippen LogP) is 1.96. The number of carboxylic acids is 1. The van der Waals surface area contributed by atoms with Crippen LogP contribution in [0.5, 0.6) is 0 Å². The Bertz CT molecular complexity index is 412. The number of carboxylic acid groups (broad SMARTS) is 1. The average Bonchev–Trinajstić information content (AvgIpc) is 2.31. The van der Waals surface area contributed by atoms with E-state index >= 15 is 0 Å². The third-order valence-electron chi connectivity index (χ3n) is 3.34. The molecule has 4 heteroatoms. The molecule has 0 saturated carbocycles. The van der Waals surface area contributed by atoms with Crippen LogP contribution in [-0.2, 0) is 4.79 Å². The van der Waals surface area contributed by atoms with Gasteiger partial charge in [0.25, 0.3) is 0 Å². The number of hydrogen-bond acceptors (Lipinski definition) is 3. The molecular weight excluding hydrogens is 228 g/mol. The molecule has 0 bridgehead atoms. The number of likely N-dealkylation sites (tertiary alicyclic amines) is 1. The zero-order valence-electron chi connectivity index (χ0n) is 10.7. The van der Waals surface area contributed by atoms with Crippen LogP contribution < -0.4 is 5.32 Å². The van der Waals surface area contributed by atoms with Crippen molar-refractivity contribution < 1.29 is 9.90 Å². The van der Waals surface area contributed by atoms with Crippen molar-refractivity contribution >= 4 is 11.7 Å². The molecule has 0 amide bonds. The molecule has 2 rings (SSSR count). The first-order chi connectivity index (χ1) is 8.63. The number of benzene rings is 1. The Morgan fingerprint density at radius 3 is 2.78 bits per heavy atom. The van der Waals surface area contributed by atoms with Crippen LogP contribution in [-0.4, -0.2) is 41.7 Å². The Morgan fingerprint density at radius 1 is 1.44 bits per heavy atom. The highest BCUT2D eigenvalue weighted by Crippen LogP contribution is 2.17. The smallest absolute Gasteiger partial charge is 0.317 e. The van der Waals surface area contributed by atoms with Gasteiger partial charge in [-0.05, 0) is 37.5 Å². The van der Waals surface area contributed by atoms with Crippen molar-refractivity contribution in [2.24, 2.45) is 0 Å². The van der Waals surface area contributed by atoms with E-state index in [2.05, 4.69) is 36.5 Å². The van der Waals surface area contributed by atoms with Gasteiger partial charge in [0.15, 0.2) is 0 Å². The summed E-state index contributed by atoms with van der Waals surface area (Å²) in [6.07, 6.45) is 2.00. The van der Waals surface area contributed by atoms with E-state index in [9.17, 15) is 4.79 Å². The molecule has 1 aromatic rings. The van der Waals surface area contributed by atoms with Gasteiger partial charge in [-0.3, -0.25) is 9.69 Å². The molecule has 18 heavy (non-hydrogen) atoms. The van der Waals surface area contributed by atoms with E-state index in [4.69, 9.17) is 5.11 Å². The van der Waals surface area contributed by atoms with Gasteiger partial charge in [0, 0.05) is 24.8 Å². The van der Waals surface area contributed by atoms with Crippen LogP contribution >= 0.6 is 0 Å². The number of aryl methyl sites for hydroxylation is 1. The van der Waals surface area contributed by atoms with Gasteiger partial charge in [0.1, 0.15) is 0 Å². The number of hydrogen-bond donors (Lipinski definition) is 2. The molecule has 2 N–H and O–H groups in total. The van der Waals surface area contributed by atoms with E-state index in [0.717, 1.165) is 31.6 Å². The number of anilines is 1. The first kappa shape index (κ1) is 12.9. The standard InChI is InChI=1S/C14H20N2O2/c1-11-3-2-4-13(9-11)15-12-5-7-16(8-6-12)10-14(17)18/h2-4,9,12,15H,5-8,10H2,1H3,(H,17,18). The number of nitrogens with zero attached hydrogens (tertiary/aromatic N) is 1. The van der Waals surface area contributed by atoms with Crippen LogP contribution in [0.25, 0.3) is 0 Å². The Labute approximate surface area is 108 Å². The van der Waals surface area contributed by atoms with E-state index < -0.39 is 5.97 Å². The van der Waals surface area contributed by atoms with Crippen LogP contribution in [0.3, 0.4) is 0 Å². The molecule has 1 aromatic carbocycles. The molecule has 0 aromatic heterocycles. The second kappa shape index (κ2) is 5.87. The minimum absolute atomic E-state index is 0.164. The lowest BCUT2D eigenvalue weighted by molar-refractivity contribution is -0.138. The van der Waals surface area contributed by atoms with E-state index in [1.807, 2.05) is 4.90 Å². The molecule has 0 spiro atoms. The largest absolute Gasteiger partial charge is 0.480 e. The lowest BCUT2D eigenvalue weighted by Gasteiger charge is -2.31. The zero-order chi connectivity index (χ0) is 13.0. The summed E-state index contributed by atoms with van der Waals surface area (Å²) in [7, 11) is 0. The first-order valence-electron chi connectivity index (χ1n) is 6.41. The predicted molar refractivity (Wildman–Crippen MR) is 71.9 cm³/mol. The van der Waals surface area contributed by atoms with Crippen molar-refractivity contribution in [3.05, 3.63) is 29.8 Å². The fourth-order valence-corrected chi connectivity index (χ4v) is 2.40. The maximum atomic E-state index is 10.6. The molecule has 0 unspecified atom stereocenters. The first-order valence-corrected chi connectivity index (χ1v) is 6.41. The number of aliphatic carboxylic acids is 1. The summed E-state index contributed by atoms with van der Waals surface area (Å²) in [5, 5.41) is 12.3. The van der Waals surface area contributed by atoms with Crippen LogP contribution in [0.4, 0.5) is 5.69 Å². The number of piperidine rings is 1. The highest BCUT2D eigenvalue weighted by Gasteiger charge is 2.20. The summed E-state index contributed by atoms with van der Waals surface area (Å²) in [5.74, 6) is -0.736. The van der Waals surface area contributed by atoms with Crippen LogP contribution in [0, 0.1) is 6.92 Å². The monoisotopic (exact) mass is 248 g/mol. The van der Waals surface area contributed by atoms with Crippen LogP contribution in [0.1, 0.15) is 18.4 Å². The van der Waals surface area contributed by atoms with Gasteiger partial charge in [-0.2, -0.15) is 0 Å². The summed E-state index contributed by atoms with van der Waals surface area (Å²) in [6.45, 7) is 3.96. The molecular formula is C14H20N2O2. The molecule has 0 radical (unpaired) electrons. The summed E-state index contributed by atoms with van der Waals surface area (Å²) < 4.78 is 0. The van der Waals surface area contributed by atoms with Gasteiger partial charge < -0.3 is 10.4 Å². The van der Waals surface area contributed by atoms with Crippen LogP contribution in [0.2, 0.25) is 0 Å². The van der Waals surface area contributed by atoms with E-state index in [1.54, 1.807) is 0 Å². The maximum Gasteiger partial charge on any atom is 0.317 e. The number of nitrogens with one attached hydrogen (secondary N) is 1. The third kappa shape index (κ3) is 3.74. The van der Waals surface area contributed by atoms with Gasteiger partial charge in [-0.25, -0.2) is 0 Å². The van der Waals surface area contributed by atoms with Crippen molar-refractivity contribution in [1.82, 2.24) is 4.90 Å². The molecule has 4 nitrogen and oxygen atoms in total. The van der Waals surface area contributed by atoms with E-state index in [1.165, 1.54) is 5.56 Å². The molecule has 1 aliphatic heterocycles. The summed E-state index contributed by atoms with van der Waals surface area (Å²) >= 11 is 0. The Balaban J connectivity index is 1.81. The minimum Gasteiger partial charge on any atom is -0.480 e. The Hall–Kier alpha value is -1.55. The molecule has 1 fully saturated rings. The van der Waals surface area contributed by atoms with Gasteiger partial charge in [0.05, 0.1) is 6.54 Å². The topological polar surface area (TPSA) is 52.6 Å². The highest BCUT2D eigenvalue weighted by molar-refractivity contribution is 5.69. The Kier molecular flexibility index (Phi) is 4.20. The van der Waals surface area contributed by atoms with Gasteiger partial charge in [-0.1, -0.05) is 12.1 Å². The van der Waals surface area contributed by atoms with Crippen molar-refractivity contribution in [3.8, 4) is 0 Å². The normalized spacial score (nSPS) is 17.6. The second-order valence-corrected chi connectivity index (χ2v) is 4.96. The molecule has 98 valence electrons.